The quantitative estimate of drug-likeness (QED) is 0.893. The number of anilines is 1. The van der Waals surface area contributed by atoms with E-state index in [1.807, 2.05) is 7.05 Å². The molecule has 0 atom stereocenters. The summed E-state index contributed by atoms with van der Waals surface area (Å²) in [5, 5.41) is 4.91. The molecular weight excluding hydrogens is 258 g/mol. The Balaban J connectivity index is 1.63. The first-order valence-electron chi connectivity index (χ1n) is 6.83. The molecular formula is C13H19N5O2. The minimum atomic E-state index is 0.378. The zero-order chi connectivity index (χ0) is 13.9. The van der Waals surface area contributed by atoms with Gasteiger partial charge in [-0.3, -0.25) is 4.68 Å². The van der Waals surface area contributed by atoms with Crippen molar-refractivity contribution in [1.29, 1.82) is 0 Å². The van der Waals surface area contributed by atoms with E-state index in [2.05, 4.69) is 15.1 Å². The second-order valence-corrected chi connectivity index (χ2v) is 5.10. The van der Waals surface area contributed by atoms with Gasteiger partial charge in [-0.2, -0.15) is 5.10 Å². The summed E-state index contributed by atoms with van der Waals surface area (Å²) in [7, 11) is 1.83. The van der Waals surface area contributed by atoms with Gasteiger partial charge in [0, 0.05) is 20.3 Å². The van der Waals surface area contributed by atoms with Crippen molar-refractivity contribution in [2.75, 3.05) is 25.6 Å². The highest BCUT2D eigenvalue weighted by molar-refractivity contribution is 5.84. The topological polar surface area (TPSA) is 88.1 Å². The summed E-state index contributed by atoms with van der Waals surface area (Å²) >= 11 is 0. The van der Waals surface area contributed by atoms with Crippen molar-refractivity contribution >= 4 is 16.9 Å². The number of nitrogens with zero attached hydrogens (tertiary/aromatic N) is 4. The van der Waals surface area contributed by atoms with Crippen LogP contribution in [0, 0.1) is 5.92 Å². The molecule has 2 N–H and O–H groups in total. The van der Waals surface area contributed by atoms with E-state index in [4.69, 9.17) is 15.2 Å². The van der Waals surface area contributed by atoms with Crippen LogP contribution >= 0.6 is 0 Å². The molecule has 0 amide bonds. The highest BCUT2D eigenvalue weighted by Gasteiger charge is 2.14. The molecule has 0 aliphatic carbocycles. The molecule has 7 nitrogen and oxygen atoms in total. The summed E-state index contributed by atoms with van der Waals surface area (Å²) in [6, 6.07) is 0. The van der Waals surface area contributed by atoms with Gasteiger partial charge in [-0.05, 0) is 18.8 Å². The number of ether oxygens (including phenoxy) is 2. The Morgan fingerprint density at radius 3 is 3.00 bits per heavy atom. The second-order valence-electron chi connectivity index (χ2n) is 5.10. The van der Waals surface area contributed by atoms with Crippen LogP contribution in [-0.2, 0) is 23.1 Å². The SMILES string of the molecule is Cn1ncc2c(N)nc(COCC3CCOCC3)nc21. The predicted molar refractivity (Wildman–Crippen MR) is 73.9 cm³/mol. The molecule has 20 heavy (non-hydrogen) atoms. The van der Waals surface area contributed by atoms with Crippen molar-refractivity contribution in [3.05, 3.63) is 12.0 Å². The molecule has 108 valence electrons. The lowest BCUT2D eigenvalue weighted by molar-refractivity contribution is 0.0143. The third kappa shape index (κ3) is 2.73. The summed E-state index contributed by atoms with van der Waals surface area (Å²) in [6.07, 6.45) is 3.80. The molecule has 0 unspecified atom stereocenters. The zero-order valence-corrected chi connectivity index (χ0v) is 11.6. The number of aromatic nitrogens is 4. The van der Waals surface area contributed by atoms with Gasteiger partial charge in [0.25, 0.3) is 0 Å². The zero-order valence-electron chi connectivity index (χ0n) is 11.6. The molecule has 0 saturated carbocycles. The van der Waals surface area contributed by atoms with Crippen LogP contribution in [0.2, 0.25) is 0 Å². The van der Waals surface area contributed by atoms with E-state index in [-0.39, 0.29) is 0 Å². The predicted octanol–water partition coefficient (Wildman–Crippen LogP) is 0.889. The number of hydrogen-bond donors (Lipinski definition) is 1. The smallest absolute Gasteiger partial charge is 0.163 e. The van der Waals surface area contributed by atoms with E-state index in [1.54, 1.807) is 10.9 Å². The minimum Gasteiger partial charge on any atom is -0.383 e. The van der Waals surface area contributed by atoms with E-state index in [1.165, 1.54) is 0 Å². The lowest BCUT2D eigenvalue weighted by atomic mass is 10.0. The van der Waals surface area contributed by atoms with Crippen LogP contribution < -0.4 is 5.73 Å². The summed E-state index contributed by atoms with van der Waals surface area (Å²) < 4.78 is 12.7. The first kappa shape index (κ1) is 13.3. The summed E-state index contributed by atoms with van der Waals surface area (Å²) in [5.74, 6) is 1.62. The van der Waals surface area contributed by atoms with E-state index < -0.39 is 0 Å². The fourth-order valence-corrected chi connectivity index (χ4v) is 2.39. The highest BCUT2D eigenvalue weighted by atomic mass is 16.5. The Morgan fingerprint density at radius 2 is 2.20 bits per heavy atom. The van der Waals surface area contributed by atoms with E-state index >= 15 is 0 Å². The molecule has 0 bridgehead atoms. The van der Waals surface area contributed by atoms with E-state index in [0.717, 1.165) is 43.7 Å². The van der Waals surface area contributed by atoms with Crippen molar-refractivity contribution in [2.24, 2.45) is 13.0 Å². The van der Waals surface area contributed by atoms with Crippen molar-refractivity contribution in [1.82, 2.24) is 19.7 Å². The van der Waals surface area contributed by atoms with Crippen LogP contribution in [0.1, 0.15) is 18.7 Å². The van der Waals surface area contributed by atoms with Gasteiger partial charge in [0.15, 0.2) is 11.5 Å². The molecule has 7 heteroatoms. The maximum absolute atomic E-state index is 5.91. The van der Waals surface area contributed by atoms with Gasteiger partial charge in [0.05, 0.1) is 18.2 Å². The number of nitrogen functional groups attached to an aromatic ring is 1. The van der Waals surface area contributed by atoms with Gasteiger partial charge in [0.1, 0.15) is 12.4 Å². The monoisotopic (exact) mass is 277 g/mol. The molecule has 2 aromatic heterocycles. The third-order valence-corrected chi connectivity index (χ3v) is 3.59. The Bertz CT molecular complexity index is 592. The molecule has 0 radical (unpaired) electrons. The molecule has 1 aliphatic rings. The molecule has 0 aromatic carbocycles. The molecule has 0 spiro atoms. The molecule has 3 heterocycles. The lowest BCUT2D eigenvalue weighted by Gasteiger charge is -2.21. The summed E-state index contributed by atoms with van der Waals surface area (Å²) in [5.41, 5.74) is 6.65. The minimum absolute atomic E-state index is 0.378. The second kappa shape index (κ2) is 5.72. The average Bonchev–Trinajstić information content (AvgIpc) is 2.82. The van der Waals surface area contributed by atoms with E-state index in [0.29, 0.717) is 24.2 Å². The Labute approximate surface area is 117 Å². The van der Waals surface area contributed by atoms with Gasteiger partial charge >= 0.3 is 0 Å². The Kier molecular flexibility index (Phi) is 3.79. The number of aryl methyl sites for hydroxylation is 1. The number of rotatable bonds is 4. The summed E-state index contributed by atoms with van der Waals surface area (Å²) in [6.45, 7) is 2.76. The summed E-state index contributed by atoms with van der Waals surface area (Å²) in [4.78, 5) is 8.70. The Hall–Kier alpha value is -1.73. The van der Waals surface area contributed by atoms with Crippen LogP contribution in [0.4, 0.5) is 5.82 Å². The van der Waals surface area contributed by atoms with Gasteiger partial charge in [-0.15, -0.1) is 0 Å². The first-order chi connectivity index (χ1) is 9.74. The van der Waals surface area contributed by atoms with Crippen molar-refractivity contribution in [3.8, 4) is 0 Å². The standard InChI is InChI=1S/C13H19N5O2/c1-18-13-10(6-15-18)12(14)16-11(17-13)8-20-7-9-2-4-19-5-3-9/h6,9H,2-5,7-8H2,1H3,(H2,14,16,17). The van der Waals surface area contributed by atoms with Crippen molar-refractivity contribution < 1.29 is 9.47 Å². The van der Waals surface area contributed by atoms with Crippen molar-refractivity contribution in [2.45, 2.75) is 19.4 Å². The van der Waals surface area contributed by atoms with Gasteiger partial charge in [0.2, 0.25) is 0 Å². The van der Waals surface area contributed by atoms with Gasteiger partial charge in [-0.25, -0.2) is 9.97 Å². The van der Waals surface area contributed by atoms with E-state index in [9.17, 15) is 0 Å². The number of nitrogens with two attached hydrogens (primary N) is 1. The molecule has 1 fully saturated rings. The van der Waals surface area contributed by atoms with Crippen LogP contribution in [0.25, 0.3) is 11.0 Å². The molecule has 3 rings (SSSR count). The molecule has 1 saturated heterocycles. The van der Waals surface area contributed by atoms with Gasteiger partial charge < -0.3 is 15.2 Å². The maximum atomic E-state index is 5.91. The lowest BCUT2D eigenvalue weighted by Crippen LogP contribution is -2.20. The number of hydrogen-bond acceptors (Lipinski definition) is 6. The average molecular weight is 277 g/mol. The molecule has 2 aromatic rings. The van der Waals surface area contributed by atoms with Crippen LogP contribution in [0.15, 0.2) is 6.20 Å². The first-order valence-corrected chi connectivity index (χ1v) is 6.83. The van der Waals surface area contributed by atoms with Gasteiger partial charge in [-0.1, -0.05) is 0 Å². The number of fused-ring (bicyclic) bond motifs is 1. The van der Waals surface area contributed by atoms with Crippen LogP contribution in [0.5, 0.6) is 0 Å². The normalized spacial score (nSPS) is 16.9. The van der Waals surface area contributed by atoms with Crippen molar-refractivity contribution in [3.63, 3.8) is 0 Å². The largest absolute Gasteiger partial charge is 0.383 e. The van der Waals surface area contributed by atoms with Crippen LogP contribution in [0.3, 0.4) is 0 Å². The third-order valence-electron chi connectivity index (χ3n) is 3.59. The van der Waals surface area contributed by atoms with Crippen LogP contribution in [-0.4, -0.2) is 39.6 Å². The fourth-order valence-electron chi connectivity index (χ4n) is 2.39. The Morgan fingerprint density at radius 1 is 1.40 bits per heavy atom. The maximum Gasteiger partial charge on any atom is 0.163 e. The fraction of sp³-hybridized carbons (Fsp3) is 0.615. The molecule has 1 aliphatic heterocycles. The highest BCUT2D eigenvalue weighted by Crippen LogP contribution is 2.18.